The second-order valence-corrected chi connectivity index (χ2v) is 2.56. The van der Waals surface area contributed by atoms with Crippen LogP contribution in [0.1, 0.15) is 11.1 Å². The van der Waals surface area contributed by atoms with Gasteiger partial charge in [-0.25, -0.2) is 0 Å². The molecule has 6 heteroatoms. The third-order valence-corrected chi connectivity index (χ3v) is 1.81. The van der Waals surface area contributed by atoms with E-state index in [0.29, 0.717) is 0 Å². The summed E-state index contributed by atoms with van der Waals surface area (Å²) in [6, 6.07) is 3.35. The molecule has 6 radical (unpaired) electrons. The molecule has 0 fully saturated rings. The molecular formula is C8HB3N2O. The predicted molar refractivity (Wildman–Crippen MR) is 53.7 cm³/mol. The minimum atomic E-state index is -0.504. The van der Waals surface area contributed by atoms with E-state index in [4.69, 9.17) is 34.1 Å². The zero-order valence-corrected chi connectivity index (χ0v) is 7.07. The molecule has 0 bridgehead atoms. The van der Waals surface area contributed by atoms with E-state index in [1.54, 1.807) is 12.1 Å². The van der Waals surface area contributed by atoms with Gasteiger partial charge in [0.05, 0.1) is 11.6 Å². The number of benzene rings is 1. The Hall–Kier alpha value is -1.81. The molecule has 1 rings (SSSR count). The van der Waals surface area contributed by atoms with Gasteiger partial charge < -0.3 is 5.11 Å². The Balaban J connectivity index is 3.77. The van der Waals surface area contributed by atoms with Crippen LogP contribution in [0.4, 0.5) is 0 Å². The summed E-state index contributed by atoms with van der Waals surface area (Å²) in [6.07, 6.45) is 0. The molecule has 1 aromatic rings. The average Bonchev–Trinajstić information content (AvgIpc) is 2.17. The van der Waals surface area contributed by atoms with Gasteiger partial charge in [-0.1, -0.05) is 10.9 Å². The van der Waals surface area contributed by atoms with Crippen molar-refractivity contribution in [3.8, 4) is 17.9 Å². The van der Waals surface area contributed by atoms with Gasteiger partial charge in [0.2, 0.25) is 0 Å². The molecule has 0 heterocycles. The van der Waals surface area contributed by atoms with Crippen molar-refractivity contribution in [2.24, 2.45) is 0 Å². The van der Waals surface area contributed by atoms with Gasteiger partial charge in [0.25, 0.3) is 0 Å². The zero-order chi connectivity index (χ0) is 10.9. The number of hydrogen-bond donors (Lipinski definition) is 1. The van der Waals surface area contributed by atoms with Crippen molar-refractivity contribution in [1.82, 2.24) is 0 Å². The SMILES string of the molecule is [B]c1c([B])c(C#N)c(O)c([B])c1C#N. The lowest BCUT2D eigenvalue weighted by molar-refractivity contribution is 0.478. The Morgan fingerprint density at radius 1 is 0.857 bits per heavy atom. The molecule has 14 heavy (non-hydrogen) atoms. The van der Waals surface area contributed by atoms with Gasteiger partial charge in [0.15, 0.2) is 0 Å². The van der Waals surface area contributed by atoms with Crippen LogP contribution in [0.2, 0.25) is 0 Å². The van der Waals surface area contributed by atoms with E-state index in [1.165, 1.54) is 0 Å². The Bertz CT molecular complexity index is 411. The van der Waals surface area contributed by atoms with Crippen LogP contribution < -0.4 is 16.4 Å². The van der Waals surface area contributed by atoms with Gasteiger partial charge >= 0.3 is 0 Å². The van der Waals surface area contributed by atoms with Crippen LogP contribution in [0.15, 0.2) is 0 Å². The Morgan fingerprint density at radius 3 is 1.71 bits per heavy atom. The lowest BCUT2D eigenvalue weighted by Gasteiger charge is -2.12. The summed E-state index contributed by atoms with van der Waals surface area (Å²) < 4.78 is 0. The first-order valence-electron chi connectivity index (χ1n) is 3.54. The average molecular weight is 174 g/mol. The number of hydrogen-bond acceptors (Lipinski definition) is 3. The quantitative estimate of drug-likeness (QED) is 0.442. The van der Waals surface area contributed by atoms with E-state index < -0.39 is 5.75 Å². The molecule has 0 atom stereocenters. The Kier molecular flexibility index (Phi) is 2.58. The summed E-state index contributed by atoms with van der Waals surface area (Å²) in [5, 5.41) is 26.7. The number of nitrogens with zero attached hydrogens (tertiary/aromatic N) is 2. The first-order chi connectivity index (χ1) is 6.54. The number of phenolic OH excluding ortho intramolecular Hbond substituents is 1. The highest BCUT2D eigenvalue weighted by Gasteiger charge is 2.14. The maximum absolute atomic E-state index is 9.38. The second-order valence-electron chi connectivity index (χ2n) is 2.56. The second kappa shape index (κ2) is 3.51. The fourth-order valence-corrected chi connectivity index (χ4v) is 1.03. The topological polar surface area (TPSA) is 67.8 Å². The Labute approximate surface area is 85.2 Å². The van der Waals surface area contributed by atoms with E-state index in [9.17, 15) is 5.11 Å². The number of phenols is 1. The molecule has 0 unspecified atom stereocenters. The molecule has 58 valence electrons. The van der Waals surface area contributed by atoms with Crippen molar-refractivity contribution in [1.29, 1.82) is 10.5 Å². The van der Waals surface area contributed by atoms with E-state index in [1.807, 2.05) is 0 Å². The lowest BCUT2D eigenvalue weighted by Crippen LogP contribution is -2.36. The molecule has 0 aromatic heterocycles. The molecule has 1 aromatic carbocycles. The van der Waals surface area contributed by atoms with E-state index in [-0.39, 0.29) is 27.5 Å². The van der Waals surface area contributed by atoms with Gasteiger partial charge in [0.1, 0.15) is 35.4 Å². The third-order valence-electron chi connectivity index (χ3n) is 1.81. The maximum atomic E-state index is 9.38. The summed E-state index contributed by atoms with van der Waals surface area (Å²) in [5.74, 6) is -0.504. The number of rotatable bonds is 0. The van der Waals surface area contributed by atoms with Gasteiger partial charge in [0, 0.05) is 5.56 Å². The van der Waals surface area contributed by atoms with Gasteiger partial charge in [-0.2, -0.15) is 10.5 Å². The normalized spacial score (nSPS) is 9.00. The predicted octanol–water partition coefficient (Wildman–Crippen LogP) is -2.48. The minimum absolute atomic E-state index is 0.0839. The summed E-state index contributed by atoms with van der Waals surface area (Å²) in [6.45, 7) is 0. The molecular weight excluding hydrogens is 173 g/mol. The number of aromatic hydroxyl groups is 1. The maximum Gasteiger partial charge on any atom is 0.126 e. The van der Waals surface area contributed by atoms with Crippen LogP contribution in [-0.4, -0.2) is 28.6 Å². The minimum Gasteiger partial charge on any atom is -0.507 e. The molecule has 0 amide bonds. The molecule has 0 saturated heterocycles. The van der Waals surface area contributed by atoms with E-state index in [0.717, 1.165) is 0 Å². The van der Waals surface area contributed by atoms with Crippen molar-refractivity contribution < 1.29 is 5.11 Å². The first kappa shape index (κ1) is 10.3. The van der Waals surface area contributed by atoms with Crippen LogP contribution in [0.25, 0.3) is 0 Å². The van der Waals surface area contributed by atoms with Crippen molar-refractivity contribution >= 4 is 39.9 Å². The van der Waals surface area contributed by atoms with Gasteiger partial charge in [-0.05, 0) is 5.46 Å². The molecule has 0 aliphatic carbocycles. The monoisotopic (exact) mass is 174 g/mol. The molecule has 0 saturated carbocycles. The highest BCUT2D eigenvalue weighted by molar-refractivity contribution is 6.53. The first-order valence-corrected chi connectivity index (χ1v) is 3.54. The van der Waals surface area contributed by atoms with Crippen LogP contribution >= 0.6 is 0 Å². The molecule has 0 aliphatic heterocycles. The van der Waals surface area contributed by atoms with E-state index in [2.05, 4.69) is 0 Å². The summed E-state index contributed by atoms with van der Waals surface area (Å²) in [5.41, 5.74) is -0.760. The van der Waals surface area contributed by atoms with Crippen LogP contribution in [0.3, 0.4) is 0 Å². The molecule has 1 N–H and O–H groups in total. The van der Waals surface area contributed by atoms with Crippen LogP contribution in [0.5, 0.6) is 5.75 Å². The molecule has 0 aliphatic rings. The van der Waals surface area contributed by atoms with Crippen molar-refractivity contribution in [2.45, 2.75) is 0 Å². The lowest BCUT2D eigenvalue weighted by atomic mass is 9.70. The summed E-state index contributed by atoms with van der Waals surface area (Å²) in [4.78, 5) is 0. The largest absolute Gasteiger partial charge is 0.507 e. The number of nitriles is 2. The third kappa shape index (κ3) is 1.26. The standard InChI is InChI=1S/C8HB3N2O/c9-5-3(1-12)7(11)8(14)4(2-13)6(5)10/h14H. The fourth-order valence-electron chi connectivity index (χ4n) is 1.03. The molecule has 0 spiro atoms. The van der Waals surface area contributed by atoms with Crippen molar-refractivity contribution in [3.05, 3.63) is 11.1 Å². The fraction of sp³-hybridized carbons (Fsp3) is 0. The van der Waals surface area contributed by atoms with Crippen molar-refractivity contribution in [2.75, 3.05) is 0 Å². The summed E-state index contributed by atoms with van der Waals surface area (Å²) in [7, 11) is 16.3. The highest BCUT2D eigenvalue weighted by atomic mass is 16.3. The summed E-state index contributed by atoms with van der Waals surface area (Å²) >= 11 is 0. The Morgan fingerprint density at radius 2 is 1.29 bits per heavy atom. The highest BCUT2D eigenvalue weighted by Crippen LogP contribution is 2.09. The molecule has 3 nitrogen and oxygen atoms in total. The smallest absolute Gasteiger partial charge is 0.126 e. The van der Waals surface area contributed by atoms with Crippen molar-refractivity contribution in [3.63, 3.8) is 0 Å². The van der Waals surface area contributed by atoms with Gasteiger partial charge in [-0.3, -0.25) is 0 Å². The van der Waals surface area contributed by atoms with Gasteiger partial charge in [-0.15, -0.1) is 0 Å². The van der Waals surface area contributed by atoms with E-state index >= 15 is 0 Å². The zero-order valence-electron chi connectivity index (χ0n) is 7.07. The van der Waals surface area contributed by atoms with Crippen LogP contribution in [0, 0.1) is 22.7 Å². The van der Waals surface area contributed by atoms with Crippen LogP contribution in [-0.2, 0) is 0 Å².